The summed E-state index contributed by atoms with van der Waals surface area (Å²) in [7, 11) is 1.71. The van der Waals surface area contributed by atoms with E-state index in [0.717, 1.165) is 65.8 Å². The molecule has 0 radical (unpaired) electrons. The number of anilines is 1. The maximum atomic E-state index is 13.9. The van der Waals surface area contributed by atoms with Crippen molar-refractivity contribution in [3.8, 4) is 11.5 Å². The minimum absolute atomic E-state index is 0.145. The third kappa shape index (κ3) is 8.76. The largest absolute Gasteiger partial charge is 0.490 e. The summed E-state index contributed by atoms with van der Waals surface area (Å²) >= 11 is 0. The van der Waals surface area contributed by atoms with Crippen molar-refractivity contribution in [1.29, 1.82) is 0 Å². The maximum absolute atomic E-state index is 13.9. The fraction of sp³-hybridized carbons (Fsp3) is 0.471. The summed E-state index contributed by atoms with van der Waals surface area (Å²) in [6.45, 7) is 6.78. The van der Waals surface area contributed by atoms with Crippen LogP contribution in [0.15, 0.2) is 65.8 Å². The van der Waals surface area contributed by atoms with E-state index >= 15 is 0 Å². The number of nitrogens with zero attached hydrogens (tertiary/aromatic N) is 2. The molecule has 0 spiro atoms. The molecule has 242 valence electrons. The number of hydrogen-bond donors (Lipinski definition) is 1. The Kier molecular flexibility index (Phi) is 11.7. The molecule has 5 rings (SSSR count). The van der Waals surface area contributed by atoms with Crippen LogP contribution in [0.1, 0.15) is 36.0 Å². The van der Waals surface area contributed by atoms with Gasteiger partial charge in [-0.25, -0.2) is 8.78 Å². The molecule has 2 heterocycles. The van der Waals surface area contributed by atoms with Crippen molar-refractivity contribution in [1.82, 2.24) is 5.32 Å². The normalized spacial score (nSPS) is 20.3. The van der Waals surface area contributed by atoms with E-state index in [-0.39, 0.29) is 24.4 Å². The lowest BCUT2D eigenvalue weighted by Crippen LogP contribution is -2.48. The predicted molar refractivity (Wildman–Crippen MR) is 167 cm³/mol. The molecule has 3 aromatic carbocycles. The SMILES string of the molecule is COCCCN1CCOc2ccc(CO[C@H]3CNC[C@@H](N=O)C3c3ccc(COC[C@H](C)Oc4cc(F)ccc4F)cc3)cc21. The fourth-order valence-corrected chi connectivity index (χ4v) is 5.82. The summed E-state index contributed by atoms with van der Waals surface area (Å²) in [6, 6.07) is 16.6. The zero-order valence-electron chi connectivity index (χ0n) is 25.8. The number of nitroso groups, excluding NO2 is 1. The minimum Gasteiger partial charge on any atom is -0.490 e. The van der Waals surface area contributed by atoms with E-state index in [4.69, 9.17) is 23.7 Å². The molecule has 1 fully saturated rings. The standard InChI is InChI=1S/C34H41F2N3O6/c1-23(45-32-17-27(35)9-10-28(32)36)20-42-21-24-4-7-26(8-5-24)34-29(38-40)18-37-19-33(34)44-22-25-6-11-31-30(16-25)39(13-15-43-31)12-3-14-41-2/h4-11,16-17,23,29,33-34,37H,3,12-15,18-22H2,1-2H3/t23-,29+,33-,34?/m0/s1. The summed E-state index contributed by atoms with van der Waals surface area (Å²) in [4.78, 5) is 14.2. The zero-order valence-corrected chi connectivity index (χ0v) is 25.8. The monoisotopic (exact) mass is 625 g/mol. The van der Waals surface area contributed by atoms with Gasteiger partial charge in [0.2, 0.25) is 0 Å². The molecule has 1 N–H and O–H groups in total. The summed E-state index contributed by atoms with van der Waals surface area (Å²) in [5.41, 5.74) is 3.98. The van der Waals surface area contributed by atoms with E-state index in [0.29, 0.717) is 39.5 Å². The number of piperidine rings is 1. The van der Waals surface area contributed by atoms with Gasteiger partial charge in [-0.05, 0) is 54.3 Å². The van der Waals surface area contributed by atoms with Crippen molar-refractivity contribution >= 4 is 5.69 Å². The van der Waals surface area contributed by atoms with E-state index in [9.17, 15) is 13.7 Å². The van der Waals surface area contributed by atoms with E-state index in [1.165, 1.54) is 0 Å². The Morgan fingerprint density at radius 2 is 1.87 bits per heavy atom. The van der Waals surface area contributed by atoms with E-state index in [1.54, 1.807) is 14.0 Å². The number of hydrogen-bond acceptors (Lipinski definition) is 9. The lowest BCUT2D eigenvalue weighted by atomic mass is 9.84. The van der Waals surface area contributed by atoms with Gasteiger partial charge < -0.3 is 33.9 Å². The molecule has 45 heavy (non-hydrogen) atoms. The third-order valence-electron chi connectivity index (χ3n) is 8.08. The van der Waals surface area contributed by atoms with Crippen LogP contribution in [0.2, 0.25) is 0 Å². The number of benzene rings is 3. The Balaban J connectivity index is 1.18. The number of halogens is 2. The first-order chi connectivity index (χ1) is 21.9. The van der Waals surface area contributed by atoms with Crippen LogP contribution in [-0.4, -0.2) is 71.4 Å². The maximum Gasteiger partial charge on any atom is 0.165 e. The summed E-state index contributed by atoms with van der Waals surface area (Å²) in [6.07, 6.45) is 0.200. The molecular formula is C34H41F2N3O6. The molecule has 2 aliphatic heterocycles. The average Bonchev–Trinajstić information content (AvgIpc) is 3.06. The molecular weight excluding hydrogens is 584 g/mol. The second-order valence-electron chi connectivity index (χ2n) is 11.5. The van der Waals surface area contributed by atoms with Gasteiger partial charge in [0.15, 0.2) is 11.6 Å². The van der Waals surface area contributed by atoms with Crippen molar-refractivity contribution in [3.63, 3.8) is 0 Å². The van der Waals surface area contributed by atoms with Gasteiger partial charge in [-0.15, -0.1) is 0 Å². The smallest absolute Gasteiger partial charge is 0.165 e. The van der Waals surface area contributed by atoms with E-state index < -0.39 is 23.8 Å². The predicted octanol–water partition coefficient (Wildman–Crippen LogP) is 5.59. The number of nitrogens with one attached hydrogen (secondary N) is 1. The summed E-state index contributed by atoms with van der Waals surface area (Å²) in [5.74, 6) is -0.674. The molecule has 1 saturated heterocycles. The van der Waals surface area contributed by atoms with Gasteiger partial charge >= 0.3 is 0 Å². The highest BCUT2D eigenvalue weighted by atomic mass is 19.1. The number of fused-ring (bicyclic) bond motifs is 1. The summed E-state index contributed by atoms with van der Waals surface area (Å²) in [5, 5.41) is 6.73. The third-order valence-corrected chi connectivity index (χ3v) is 8.08. The molecule has 9 nitrogen and oxygen atoms in total. The van der Waals surface area contributed by atoms with Gasteiger partial charge in [0.05, 0.1) is 38.2 Å². The van der Waals surface area contributed by atoms with Crippen LogP contribution in [0, 0.1) is 16.5 Å². The molecule has 0 aromatic heterocycles. The van der Waals surface area contributed by atoms with Crippen LogP contribution < -0.4 is 19.7 Å². The zero-order chi connectivity index (χ0) is 31.6. The number of rotatable bonds is 15. The Morgan fingerprint density at radius 3 is 2.67 bits per heavy atom. The van der Waals surface area contributed by atoms with Gasteiger partial charge in [0, 0.05) is 45.3 Å². The lowest BCUT2D eigenvalue weighted by Gasteiger charge is -2.36. The average molecular weight is 626 g/mol. The number of ether oxygens (including phenoxy) is 5. The van der Waals surface area contributed by atoms with Crippen LogP contribution in [-0.2, 0) is 27.4 Å². The molecule has 11 heteroatoms. The Labute approximate surface area is 262 Å². The van der Waals surface area contributed by atoms with Gasteiger partial charge in [0.1, 0.15) is 30.3 Å². The van der Waals surface area contributed by atoms with Gasteiger partial charge in [-0.2, -0.15) is 4.91 Å². The molecule has 0 saturated carbocycles. The van der Waals surface area contributed by atoms with Crippen LogP contribution in [0.5, 0.6) is 11.5 Å². The molecule has 1 unspecified atom stereocenters. The molecule has 0 aliphatic carbocycles. The Morgan fingerprint density at radius 1 is 1.04 bits per heavy atom. The molecule has 0 amide bonds. The van der Waals surface area contributed by atoms with Crippen molar-refractivity contribution in [2.75, 3.05) is 58.0 Å². The second kappa shape index (κ2) is 16.1. The molecule has 0 bridgehead atoms. The van der Waals surface area contributed by atoms with Gasteiger partial charge in [-0.1, -0.05) is 35.5 Å². The lowest BCUT2D eigenvalue weighted by molar-refractivity contribution is 0.00537. The quantitative estimate of drug-likeness (QED) is 0.173. The topological polar surface area (TPSA) is 90.9 Å². The number of methoxy groups -OCH3 is 1. The minimum atomic E-state index is -0.625. The molecule has 3 aromatic rings. The fourth-order valence-electron chi connectivity index (χ4n) is 5.82. The van der Waals surface area contributed by atoms with Gasteiger partial charge in [-0.3, -0.25) is 0 Å². The highest BCUT2D eigenvalue weighted by molar-refractivity contribution is 5.61. The highest BCUT2D eigenvalue weighted by Crippen LogP contribution is 2.34. The molecule has 2 aliphatic rings. The van der Waals surface area contributed by atoms with Crippen LogP contribution >= 0.6 is 0 Å². The van der Waals surface area contributed by atoms with E-state index in [2.05, 4.69) is 21.5 Å². The first kappa shape index (κ1) is 32.7. The van der Waals surface area contributed by atoms with Crippen LogP contribution in [0.25, 0.3) is 0 Å². The van der Waals surface area contributed by atoms with Crippen molar-refractivity contribution in [3.05, 3.63) is 93.9 Å². The van der Waals surface area contributed by atoms with Crippen molar-refractivity contribution in [2.24, 2.45) is 5.18 Å². The van der Waals surface area contributed by atoms with Gasteiger partial charge in [0.25, 0.3) is 0 Å². The highest BCUT2D eigenvalue weighted by Gasteiger charge is 2.36. The van der Waals surface area contributed by atoms with Crippen molar-refractivity contribution in [2.45, 2.75) is 50.7 Å². The van der Waals surface area contributed by atoms with Crippen LogP contribution in [0.4, 0.5) is 14.5 Å². The second-order valence-corrected chi connectivity index (χ2v) is 11.5. The first-order valence-electron chi connectivity index (χ1n) is 15.4. The van der Waals surface area contributed by atoms with E-state index in [1.807, 2.05) is 36.4 Å². The Hall–Kier alpha value is -3.64. The summed E-state index contributed by atoms with van der Waals surface area (Å²) < 4.78 is 56.1. The van der Waals surface area contributed by atoms with Crippen LogP contribution in [0.3, 0.4) is 0 Å². The Bertz CT molecular complexity index is 1390. The first-order valence-corrected chi connectivity index (χ1v) is 15.4. The van der Waals surface area contributed by atoms with Crippen molar-refractivity contribution < 1.29 is 32.5 Å². The molecule has 4 atom stereocenters.